The molecule has 0 saturated heterocycles. The second kappa shape index (κ2) is 6.19. The fourth-order valence-corrected chi connectivity index (χ4v) is 1.96. The van der Waals surface area contributed by atoms with Gasteiger partial charge in [-0.3, -0.25) is 10.1 Å². The molecule has 0 aliphatic rings. The maximum atomic E-state index is 13.0. The third kappa shape index (κ3) is 3.93. The zero-order valence-electron chi connectivity index (χ0n) is 11.3. The summed E-state index contributed by atoms with van der Waals surface area (Å²) in [4.78, 5) is 9.97. The van der Waals surface area contributed by atoms with Gasteiger partial charge in [0, 0.05) is 6.54 Å². The van der Waals surface area contributed by atoms with Crippen molar-refractivity contribution in [3.05, 3.63) is 69.3 Å². The fraction of sp³-hybridized carbons (Fsp3) is 0.143. The van der Waals surface area contributed by atoms with E-state index in [-0.39, 0.29) is 11.3 Å². The number of nitro benzene ring substituents is 1. The fourth-order valence-electron chi connectivity index (χ4n) is 1.96. The maximum absolute atomic E-state index is 13.0. The van der Waals surface area contributed by atoms with Gasteiger partial charge in [-0.1, -0.05) is 6.07 Å². The normalized spacial score (nSPS) is 11.3. The van der Waals surface area contributed by atoms with Gasteiger partial charge in [0.15, 0.2) is 0 Å². The van der Waals surface area contributed by atoms with Crippen LogP contribution in [0.25, 0.3) is 0 Å². The molecule has 23 heavy (non-hydrogen) atoms. The molecule has 2 rings (SSSR count). The van der Waals surface area contributed by atoms with Crippen molar-refractivity contribution in [2.75, 3.05) is 5.32 Å². The van der Waals surface area contributed by atoms with Crippen LogP contribution in [0.15, 0.2) is 36.4 Å². The van der Waals surface area contributed by atoms with Gasteiger partial charge in [-0.2, -0.15) is 13.2 Å². The van der Waals surface area contributed by atoms with E-state index in [0.29, 0.717) is 12.1 Å². The van der Waals surface area contributed by atoms with Crippen LogP contribution >= 0.6 is 0 Å². The zero-order valence-corrected chi connectivity index (χ0v) is 11.3. The average Bonchev–Trinajstić information content (AvgIpc) is 2.45. The zero-order chi connectivity index (χ0) is 17.2. The van der Waals surface area contributed by atoms with Crippen molar-refractivity contribution in [1.29, 1.82) is 0 Å². The van der Waals surface area contributed by atoms with Crippen molar-refractivity contribution in [2.24, 2.45) is 0 Å². The molecule has 9 heteroatoms. The van der Waals surface area contributed by atoms with Crippen LogP contribution in [0.5, 0.6) is 0 Å². The molecule has 0 radical (unpaired) electrons. The lowest BCUT2D eigenvalue weighted by Crippen LogP contribution is -2.13. The molecule has 0 heterocycles. The summed E-state index contributed by atoms with van der Waals surface area (Å²) in [6.45, 7) is -0.443. The van der Waals surface area contributed by atoms with Gasteiger partial charge in [0.05, 0.1) is 16.6 Å². The molecule has 0 bridgehead atoms. The smallest absolute Gasteiger partial charge is 0.375 e. The van der Waals surface area contributed by atoms with Crippen molar-refractivity contribution in [2.45, 2.75) is 12.7 Å². The minimum atomic E-state index is -4.77. The molecule has 0 aromatic heterocycles. The van der Waals surface area contributed by atoms with Gasteiger partial charge in [0.2, 0.25) is 0 Å². The van der Waals surface area contributed by atoms with Crippen LogP contribution < -0.4 is 5.32 Å². The Bertz CT molecular complexity index is 746. The highest BCUT2D eigenvalue weighted by molar-refractivity contribution is 5.61. The minimum Gasteiger partial charge on any atom is -0.375 e. The summed E-state index contributed by atoms with van der Waals surface area (Å²) in [5.41, 5.74) is -2.23. The molecular weight excluding hydrogens is 323 g/mol. The van der Waals surface area contributed by atoms with Crippen LogP contribution in [0.1, 0.15) is 11.1 Å². The number of alkyl halides is 3. The SMILES string of the molecule is O=[N+]([O-])c1cc(F)ccc1NCc1ccc(F)cc1C(F)(F)F. The molecular formula is C14H9F5N2O2. The Balaban J connectivity index is 2.31. The lowest BCUT2D eigenvalue weighted by atomic mass is 10.1. The molecule has 2 aromatic rings. The van der Waals surface area contributed by atoms with Crippen LogP contribution in [0, 0.1) is 21.7 Å². The molecule has 0 aliphatic heterocycles. The average molecular weight is 332 g/mol. The van der Waals surface area contributed by atoms with Crippen LogP contribution in [-0.2, 0) is 12.7 Å². The van der Waals surface area contributed by atoms with Gasteiger partial charge in [-0.25, -0.2) is 8.78 Å². The molecule has 0 saturated carbocycles. The number of anilines is 1. The summed E-state index contributed by atoms with van der Waals surface area (Å²) < 4.78 is 64.6. The predicted octanol–water partition coefficient (Wildman–Crippen LogP) is 4.50. The van der Waals surface area contributed by atoms with Crippen LogP contribution in [0.4, 0.5) is 33.3 Å². The minimum absolute atomic E-state index is 0.145. The molecule has 0 spiro atoms. The van der Waals surface area contributed by atoms with Crippen LogP contribution in [0.2, 0.25) is 0 Å². The van der Waals surface area contributed by atoms with Gasteiger partial charge in [-0.05, 0) is 29.8 Å². The van der Waals surface area contributed by atoms with Crippen molar-refractivity contribution in [3.63, 3.8) is 0 Å². The van der Waals surface area contributed by atoms with Gasteiger partial charge in [-0.15, -0.1) is 0 Å². The molecule has 0 unspecified atom stereocenters. The van der Waals surface area contributed by atoms with E-state index in [1.54, 1.807) is 0 Å². The molecule has 0 fully saturated rings. The number of nitro groups is 1. The third-order valence-electron chi connectivity index (χ3n) is 3.00. The quantitative estimate of drug-likeness (QED) is 0.509. The number of hydrogen-bond acceptors (Lipinski definition) is 3. The molecule has 0 aliphatic carbocycles. The molecule has 1 N–H and O–H groups in total. The number of nitrogens with one attached hydrogen (secondary N) is 1. The standard InChI is InChI=1S/C14H9F5N2O2/c15-9-2-1-8(11(5-9)14(17,18)19)7-20-12-4-3-10(16)6-13(12)21(22)23/h1-6,20H,7H2. The Hall–Kier alpha value is -2.71. The summed E-state index contributed by atoms with van der Waals surface area (Å²) in [5.74, 6) is -1.89. The Morgan fingerprint density at radius 2 is 1.65 bits per heavy atom. The third-order valence-corrected chi connectivity index (χ3v) is 3.00. The van der Waals surface area contributed by atoms with Crippen molar-refractivity contribution < 1.29 is 26.9 Å². The van der Waals surface area contributed by atoms with E-state index in [1.807, 2.05) is 0 Å². The lowest BCUT2D eigenvalue weighted by Gasteiger charge is -2.14. The van der Waals surface area contributed by atoms with Gasteiger partial charge >= 0.3 is 6.18 Å². The highest BCUT2D eigenvalue weighted by atomic mass is 19.4. The Morgan fingerprint density at radius 3 is 2.26 bits per heavy atom. The van der Waals surface area contributed by atoms with Crippen molar-refractivity contribution >= 4 is 11.4 Å². The highest BCUT2D eigenvalue weighted by Crippen LogP contribution is 2.33. The van der Waals surface area contributed by atoms with Crippen LogP contribution in [0.3, 0.4) is 0 Å². The van der Waals surface area contributed by atoms with Crippen molar-refractivity contribution in [1.82, 2.24) is 0 Å². The maximum Gasteiger partial charge on any atom is 0.416 e. The Labute approximate surface area is 126 Å². The first kappa shape index (κ1) is 16.7. The van der Waals surface area contributed by atoms with Gasteiger partial charge < -0.3 is 5.32 Å². The van der Waals surface area contributed by atoms with E-state index in [4.69, 9.17) is 0 Å². The molecule has 0 amide bonds. The van der Waals surface area contributed by atoms with E-state index in [0.717, 1.165) is 24.3 Å². The largest absolute Gasteiger partial charge is 0.416 e. The monoisotopic (exact) mass is 332 g/mol. The van der Waals surface area contributed by atoms with E-state index in [1.165, 1.54) is 0 Å². The summed E-state index contributed by atoms with van der Waals surface area (Å²) in [5, 5.41) is 13.3. The first-order chi connectivity index (χ1) is 10.7. The summed E-state index contributed by atoms with van der Waals surface area (Å²) in [7, 11) is 0. The second-order valence-electron chi connectivity index (χ2n) is 4.57. The Morgan fingerprint density at radius 1 is 1.04 bits per heavy atom. The first-order valence-corrected chi connectivity index (χ1v) is 6.22. The molecule has 4 nitrogen and oxygen atoms in total. The van der Waals surface area contributed by atoms with Crippen LogP contribution in [-0.4, -0.2) is 4.92 Å². The molecule has 122 valence electrons. The van der Waals surface area contributed by atoms with Crippen molar-refractivity contribution in [3.8, 4) is 0 Å². The Kier molecular flexibility index (Phi) is 4.48. The lowest BCUT2D eigenvalue weighted by molar-refractivity contribution is -0.384. The van der Waals surface area contributed by atoms with E-state index < -0.39 is 40.5 Å². The second-order valence-corrected chi connectivity index (χ2v) is 4.57. The highest BCUT2D eigenvalue weighted by Gasteiger charge is 2.33. The number of nitrogens with zero attached hydrogens (tertiary/aromatic N) is 1. The van der Waals surface area contributed by atoms with Gasteiger partial charge in [0.1, 0.15) is 17.3 Å². The van der Waals surface area contributed by atoms with E-state index in [9.17, 15) is 32.1 Å². The predicted molar refractivity (Wildman–Crippen MR) is 71.8 cm³/mol. The number of halogens is 5. The van der Waals surface area contributed by atoms with E-state index in [2.05, 4.69) is 5.32 Å². The number of rotatable bonds is 4. The molecule has 0 atom stereocenters. The van der Waals surface area contributed by atoms with E-state index >= 15 is 0 Å². The number of benzene rings is 2. The first-order valence-electron chi connectivity index (χ1n) is 6.22. The van der Waals surface area contributed by atoms with Gasteiger partial charge in [0.25, 0.3) is 5.69 Å². The summed E-state index contributed by atoms with van der Waals surface area (Å²) in [6.07, 6.45) is -4.77. The topological polar surface area (TPSA) is 55.2 Å². The number of hydrogen-bond donors (Lipinski definition) is 1. The summed E-state index contributed by atoms with van der Waals surface area (Å²) >= 11 is 0. The summed E-state index contributed by atoms with van der Waals surface area (Å²) in [6, 6.07) is 4.76. The molecule has 2 aromatic carbocycles.